The normalized spacial score (nSPS) is 10.4. The average Bonchev–Trinajstić information content (AvgIpc) is 2.74. The van der Waals surface area contributed by atoms with E-state index in [1.165, 1.54) is 17.4 Å². The quantitative estimate of drug-likeness (QED) is 0.920. The fourth-order valence-electron chi connectivity index (χ4n) is 1.48. The Morgan fingerprint density at radius 1 is 1.39 bits per heavy atom. The van der Waals surface area contributed by atoms with Crippen LogP contribution in [0.5, 0.6) is 0 Å². The van der Waals surface area contributed by atoms with Crippen LogP contribution in [0.1, 0.15) is 16.1 Å². The van der Waals surface area contributed by atoms with E-state index < -0.39 is 5.97 Å². The van der Waals surface area contributed by atoms with Crippen molar-refractivity contribution >= 4 is 23.1 Å². The summed E-state index contributed by atoms with van der Waals surface area (Å²) < 4.78 is 0. The van der Waals surface area contributed by atoms with Gasteiger partial charge in [-0.1, -0.05) is 0 Å². The number of hydrogen-bond acceptors (Lipinski definition) is 5. The fourth-order valence-corrected chi connectivity index (χ4v) is 2.34. The second kappa shape index (κ2) is 4.73. The zero-order valence-corrected chi connectivity index (χ0v) is 11.2. The van der Waals surface area contributed by atoms with Crippen molar-refractivity contribution in [1.82, 2.24) is 9.97 Å². The van der Waals surface area contributed by atoms with Gasteiger partial charge in [-0.3, -0.25) is 0 Å². The Kier molecular flexibility index (Phi) is 3.29. The van der Waals surface area contributed by atoms with Gasteiger partial charge in [-0.25, -0.2) is 14.8 Å². The predicted molar refractivity (Wildman–Crippen MR) is 71.4 cm³/mol. The lowest BCUT2D eigenvalue weighted by molar-refractivity contribution is 0.0690. The molecule has 2 rings (SSSR count). The third-order valence-electron chi connectivity index (χ3n) is 2.46. The standard InChI is InChI=1S/C12H13N3O2S/c1-7-4-5-18-10(7)11-13-8(12(16)17)6-9(14-11)15(2)3/h4-6H,1-3H3,(H,16,17). The number of aromatic nitrogens is 2. The summed E-state index contributed by atoms with van der Waals surface area (Å²) in [5.74, 6) is 0.00672. The zero-order valence-electron chi connectivity index (χ0n) is 10.3. The van der Waals surface area contributed by atoms with E-state index in [0.29, 0.717) is 11.6 Å². The molecule has 2 aromatic rings. The van der Waals surface area contributed by atoms with Crippen molar-refractivity contribution in [3.8, 4) is 10.7 Å². The molecule has 0 atom stereocenters. The number of nitrogens with zero attached hydrogens (tertiary/aromatic N) is 3. The van der Waals surface area contributed by atoms with Crippen LogP contribution in [0, 0.1) is 6.92 Å². The highest BCUT2D eigenvalue weighted by molar-refractivity contribution is 7.13. The number of rotatable bonds is 3. The molecule has 0 saturated carbocycles. The average molecular weight is 263 g/mol. The number of carboxylic acids is 1. The maximum atomic E-state index is 11.1. The number of hydrogen-bond donors (Lipinski definition) is 1. The van der Waals surface area contributed by atoms with Crippen molar-refractivity contribution in [3.63, 3.8) is 0 Å². The van der Waals surface area contributed by atoms with Gasteiger partial charge in [0.05, 0.1) is 4.88 Å². The molecule has 0 amide bonds. The van der Waals surface area contributed by atoms with Gasteiger partial charge in [0.15, 0.2) is 11.5 Å². The second-order valence-electron chi connectivity index (χ2n) is 4.07. The van der Waals surface area contributed by atoms with Crippen LogP contribution < -0.4 is 4.90 Å². The lowest BCUT2D eigenvalue weighted by atomic mass is 10.2. The summed E-state index contributed by atoms with van der Waals surface area (Å²) in [7, 11) is 3.64. The van der Waals surface area contributed by atoms with Crippen molar-refractivity contribution in [3.05, 3.63) is 28.8 Å². The summed E-state index contributed by atoms with van der Waals surface area (Å²) in [5, 5.41) is 11.0. The maximum absolute atomic E-state index is 11.1. The van der Waals surface area contributed by atoms with Gasteiger partial charge in [0.2, 0.25) is 0 Å². The molecular formula is C12H13N3O2S. The molecule has 94 valence electrons. The van der Waals surface area contributed by atoms with Crippen molar-refractivity contribution in [1.29, 1.82) is 0 Å². The fraction of sp³-hybridized carbons (Fsp3) is 0.250. The Morgan fingerprint density at radius 3 is 2.61 bits per heavy atom. The lowest BCUT2D eigenvalue weighted by Crippen LogP contribution is -2.14. The lowest BCUT2D eigenvalue weighted by Gasteiger charge is -2.12. The highest BCUT2D eigenvalue weighted by Gasteiger charge is 2.14. The number of aryl methyl sites for hydroxylation is 1. The minimum absolute atomic E-state index is 0.0106. The van der Waals surface area contributed by atoms with Crippen LogP contribution >= 0.6 is 11.3 Å². The molecule has 0 aliphatic heterocycles. The maximum Gasteiger partial charge on any atom is 0.354 e. The number of thiophene rings is 1. The minimum Gasteiger partial charge on any atom is -0.477 e. The first-order valence-corrected chi connectivity index (χ1v) is 6.21. The van der Waals surface area contributed by atoms with Crippen molar-refractivity contribution in [2.45, 2.75) is 6.92 Å². The molecule has 0 unspecified atom stereocenters. The molecule has 0 aliphatic rings. The first-order chi connectivity index (χ1) is 8.49. The minimum atomic E-state index is -1.05. The number of anilines is 1. The van der Waals surface area contributed by atoms with Gasteiger partial charge in [0, 0.05) is 20.2 Å². The molecule has 0 bridgehead atoms. The Morgan fingerprint density at radius 2 is 2.11 bits per heavy atom. The Balaban J connectivity index is 2.60. The number of carbonyl (C=O) groups is 1. The highest BCUT2D eigenvalue weighted by atomic mass is 32.1. The third-order valence-corrected chi connectivity index (χ3v) is 3.47. The van der Waals surface area contributed by atoms with E-state index in [4.69, 9.17) is 5.11 Å². The monoisotopic (exact) mass is 263 g/mol. The van der Waals surface area contributed by atoms with E-state index >= 15 is 0 Å². The highest BCUT2D eigenvalue weighted by Crippen LogP contribution is 2.27. The molecule has 2 heterocycles. The van der Waals surface area contributed by atoms with Crippen molar-refractivity contribution in [2.24, 2.45) is 0 Å². The largest absolute Gasteiger partial charge is 0.477 e. The number of aromatic carboxylic acids is 1. The second-order valence-corrected chi connectivity index (χ2v) is 4.98. The molecule has 1 N–H and O–H groups in total. The summed E-state index contributed by atoms with van der Waals surface area (Å²) in [4.78, 5) is 22.2. The van der Waals surface area contributed by atoms with Gasteiger partial charge in [0.25, 0.3) is 0 Å². The van der Waals surface area contributed by atoms with Crippen LogP contribution in [0.4, 0.5) is 5.82 Å². The Bertz CT molecular complexity index is 593. The van der Waals surface area contributed by atoms with Crippen LogP contribution in [0.2, 0.25) is 0 Å². The molecule has 0 fully saturated rings. The van der Waals surface area contributed by atoms with Crippen LogP contribution in [-0.2, 0) is 0 Å². The molecule has 0 saturated heterocycles. The van der Waals surface area contributed by atoms with Gasteiger partial charge in [-0.15, -0.1) is 11.3 Å². The van der Waals surface area contributed by atoms with E-state index in [9.17, 15) is 4.79 Å². The van der Waals surface area contributed by atoms with Gasteiger partial charge in [-0.2, -0.15) is 0 Å². The molecule has 0 aromatic carbocycles. The summed E-state index contributed by atoms with van der Waals surface area (Å²) >= 11 is 1.51. The molecule has 0 radical (unpaired) electrons. The van der Waals surface area contributed by atoms with E-state index in [0.717, 1.165) is 10.4 Å². The van der Waals surface area contributed by atoms with Gasteiger partial charge in [-0.05, 0) is 23.9 Å². The summed E-state index contributed by atoms with van der Waals surface area (Å²) in [5.41, 5.74) is 1.06. The van der Waals surface area contributed by atoms with E-state index in [2.05, 4.69) is 9.97 Å². The SMILES string of the molecule is Cc1ccsc1-c1nc(C(=O)O)cc(N(C)C)n1. The molecule has 5 nitrogen and oxygen atoms in total. The van der Waals surface area contributed by atoms with Crippen LogP contribution in [0.15, 0.2) is 17.5 Å². The first kappa shape index (κ1) is 12.5. The van der Waals surface area contributed by atoms with Gasteiger partial charge in [0.1, 0.15) is 5.82 Å². The van der Waals surface area contributed by atoms with Gasteiger partial charge >= 0.3 is 5.97 Å². The zero-order chi connectivity index (χ0) is 13.3. The summed E-state index contributed by atoms with van der Waals surface area (Å²) in [6, 6.07) is 3.43. The van der Waals surface area contributed by atoms with Gasteiger partial charge < -0.3 is 10.0 Å². The third kappa shape index (κ3) is 2.33. The van der Waals surface area contributed by atoms with Crippen molar-refractivity contribution < 1.29 is 9.90 Å². The van der Waals surface area contributed by atoms with Crippen LogP contribution in [0.3, 0.4) is 0 Å². The molecule has 18 heavy (non-hydrogen) atoms. The summed E-state index contributed by atoms with van der Waals surface area (Å²) in [6.45, 7) is 1.96. The van der Waals surface area contributed by atoms with Crippen LogP contribution in [0.25, 0.3) is 10.7 Å². The first-order valence-electron chi connectivity index (χ1n) is 5.33. The Labute approximate surface area is 109 Å². The number of carboxylic acid groups (broad SMARTS) is 1. The molecule has 2 aromatic heterocycles. The smallest absolute Gasteiger partial charge is 0.354 e. The molecule has 6 heteroatoms. The topological polar surface area (TPSA) is 66.3 Å². The van der Waals surface area contributed by atoms with E-state index in [1.807, 2.05) is 32.5 Å². The van der Waals surface area contributed by atoms with E-state index in [-0.39, 0.29) is 5.69 Å². The molecular weight excluding hydrogens is 250 g/mol. The Hall–Kier alpha value is -1.95. The molecule has 0 spiro atoms. The van der Waals surface area contributed by atoms with Crippen LogP contribution in [-0.4, -0.2) is 35.1 Å². The predicted octanol–water partition coefficient (Wildman–Crippen LogP) is 2.28. The molecule has 0 aliphatic carbocycles. The summed E-state index contributed by atoms with van der Waals surface area (Å²) in [6.07, 6.45) is 0. The van der Waals surface area contributed by atoms with Crippen molar-refractivity contribution in [2.75, 3.05) is 19.0 Å². The van der Waals surface area contributed by atoms with E-state index in [1.54, 1.807) is 4.90 Å².